The van der Waals surface area contributed by atoms with E-state index in [0.29, 0.717) is 11.3 Å². The van der Waals surface area contributed by atoms with Crippen molar-refractivity contribution in [3.05, 3.63) is 71.9 Å². The Kier molecular flexibility index (Phi) is 5.91. The van der Waals surface area contributed by atoms with Gasteiger partial charge >= 0.3 is 5.97 Å². The minimum Gasteiger partial charge on any atom is -0.465 e. The number of hydrogen-bond acceptors (Lipinski definition) is 5. The number of rotatable bonds is 5. The third-order valence-corrected chi connectivity index (χ3v) is 3.47. The van der Waals surface area contributed by atoms with E-state index in [1.165, 1.54) is 13.3 Å². The number of amides is 1. The van der Waals surface area contributed by atoms with E-state index in [1.54, 1.807) is 42.3 Å². The van der Waals surface area contributed by atoms with Gasteiger partial charge in [-0.3, -0.25) is 4.79 Å². The van der Waals surface area contributed by atoms with Gasteiger partial charge in [-0.1, -0.05) is 24.3 Å². The molecular formula is C19H17N3O3. The first-order chi connectivity index (χ1) is 12.1. The van der Waals surface area contributed by atoms with E-state index >= 15 is 0 Å². The zero-order valence-corrected chi connectivity index (χ0v) is 13.9. The molecule has 2 aromatic rings. The lowest BCUT2D eigenvalue weighted by molar-refractivity contribution is -0.135. The van der Waals surface area contributed by atoms with E-state index in [-0.39, 0.29) is 11.5 Å². The number of ether oxygens (including phenoxy) is 1. The Morgan fingerprint density at radius 1 is 1.16 bits per heavy atom. The number of anilines is 2. The summed E-state index contributed by atoms with van der Waals surface area (Å²) in [5, 5.41) is 11.8. The summed E-state index contributed by atoms with van der Waals surface area (Å²) in [6.45, 7) is 0. The number of esters is 1. The molecule has 2 rings (SSSR count). The molecule has 0 radical (unpaired) electrons. The van der Waals surface area contributed by atoms with Crippen molar-refractivity contribution in [3.8, 4) is 6.07 Å². The molecule has 0 aliphatic rings. The molecule has 0 aromatic heterocycles. The summed E-state index contributed by atoms with van der Waals surface area (Å²) in [6, 6.07) is 17.8. The number of carbonyl (C=O) groups is 2. The monoisotopic (exact) mass is 335 g/mol. The Morgan fingerprint density at radius 2 is 1.88 bits per heavy atom. The van der Waals surface area contributed by atoms with Gasteiger partial charge in [0.15, 0.2) is 5.57 Å². The molecule has 1 N–H and O–H groups in total. The number of benzene rings is 2. The summed E-state index contributed by atoms with van der Waals surface area (Å²) in [6.07, 6.45) is 1.25. The van der Waals surface area contributed by atoms with Gasteiger partial charge < -0.3 is 15.0 Å². The van der Waals surface area contributed by atoms with E-state index in [0.717, 1.165) is 5.69 Å². The fraction of sp³-hybridized carbons (Fsp3) is 0.105. The van der Waals surface area contributed by atoms with Crippen LogP contribution in [-0.2, 0) is 9.53 Å². The highest BCUT2D eigenvalue weighted by Crippen LogP contribution is 2.17. The topological polar surface area (TPSA) is 82.4 Å². The molecule has 126 valence electrons. The average molecular weight is 335 g/mol. The average Bonchev–Trinajstić information content (AvgIpc) is 2.67. The fourth-order valence-electron chi connectivity index (χ4n) is 2.11. The lowest BCUT2D eigenvalue weighted by atomic mass is 10.1. The highest BCUT2D eigenvalue weighted by molar-refractivity contribution is 6.06. The van der Waals surface area contributed by atoms with E-state index in [9.17, 15) is 9.59 Å². The molecule has 0 bridgehead atoms. The molecule has 0 saturated heterocycles. The molecule has 6 heteroatoms. The molecule has 0 atom stereocenters. The third kappa shape index (κ3) is 4.45. The standard InChI is InChI=1S/C19H17N3O3/c1-22(17-9-4-3-5-10-17)18(23)14-7-6-8-16(11-14)21-13-15(12-20)19(24)25-2/h3-11,13,21H,1-2H3/b15-13-. The van der Waals surface area contributed by atoms with Crippen LogP contribution in [0.15, 0.2) is 66.4 Å². The highest BCUT2D eigenvalue weighted by atomic mass is 16.5. The van der Waals surface area contributed by atoms with E-state index in [4.69, 9.17) is 5.26 Å². The van der Waals surface area contributed by atoms with Crippen LogP contribution in [0, 0.1) is 11.3 Å². The van der Waals surface area contributed by atoms with Crippen LogP contribution in [0.25, 0.3) is 0 Å². The van der Waals surface area contributed by atoms with E-state index < -0.39 is 5.97 Å². The number of hydrogen-bond donors (Lipinski definition) is 1. The van der Waals surface area contributed by atoms with Gasteiger partial charge in [0.05, 0.1) is 7.11 Å². The van der Waals surface area contributed by atoms with Gasteiger partial charge in [-0.25, -0.2) is 4.79 Å². The van der Waals surface area contributed by atoms with Crippen molar-refractivity contribution in [2.45, 2.75) is 0 Å². The Morgan fingerprint density at radius 3 is 2.52 bits per heavy atom. The van der Waals surface area contributed by atoms with Crippen molar-refractivity contribution in [1.29, 1.82) is 5.26 Å². The summed E-state index contributed by atoms with van der Waals surface area (Å²) < 4.78 is 4.50. The van der Waals surface area contributed by atoms with Crippen LogP contribution in [0.5, 0.6) is 0 Å². The summed E-state index contributed by atoms with van der Waals surface area (Å²) >= 11 is 0. The lowest BCUT2D eigenvalue weighted by Crippen LogP contribution is -2.26. The molecular weight excluding hydrogens is 318 g/mol. The molecule has 0 aliphatic heterocycles. The Hall–Kier alpha value is -3.59. The summed E-state index contributed by atoms with van der Waals surface area (Å²) in [4.78, 5) is 25.5. The van der Waals surface area contributed by atoms with Crippen LogP contribution < -0.4 is 10.2 Å². The number of para-hydroxylation sites is 1. The molecule has 0 heterocycles. The molecule has 6 nitrogen and oxygen atoms in total. The SMILES string of the molecule is COC(=O)/C(C#N)=C\Nc1cccc(C(=O)N(C)c2ccccc2)c1. The van der Waals surface area contributed by atoms with Gasteiger partial charge in [-0.15, -0.1) is 0 Å². The number of nitriles is 1. The first kappa shape index (κ1) is 17.8. The van der Waals surface area contributed by atoms with Crippen LogP contribution in [0.4, 0.5) is 11.4 Å². The minimum absolute atomic E-state index is 0.166. The zero-order chi connectivity index (χ0) is 18.2. The van der Waals surface area contributed by atoms with Crippen molar-refractivity contribution in [3.63, 3.8) is 0 Å². The number of nitrogens with one attached hydrogen (secondary N) is 1. The maximum Gasteiger partial charge on any atom is 0.350 e. The van der Waals surface area contributed by atoms with Crippen molar-refractivity contribution in [1.82, 2.24) is 0 Å². The third-order valence-electron chi connectivity index (χ3n) is 3.47. The molecule has 0 fully saturated rings. The van der Waals surface area contributed by atoms with Gasteiger partial charge in [-0.05, 0) is 30.3 Å². The van der Waals surface area contributed by atoms with Crippen molar-refractivity contribution >= 4 is 23.3 Å². The van der Waals surface area contributed by atoms with Crippen LogP contribution in [0.3, 0.4) is 0 Å². The molecule has 0 saturated carbocycles. The second-order valence-corrected chi connectivity index (χ2v) is 5.09. The van der Waals surface area contributed by atoms with Gasteiger partial charge in [-0.2, -0.15) is 5.26 Å². The Labute approximate surface area is 145 Å². The Balaban J connectivity index is 2.18. The van der Waals surface area contributed by atoms with Gasteiger partial charge in [0.2, 0.25) is 0 Å². The summed E-state index contributed by atoms with van der Waals surface area (Å²) in [5.41, 5.74) is 1.66. The molecule has 0 unspecified atom stereocenters. The Bertz CT molecular complexity index is 838. The number of carbonyl (C=O) groups excluding carboxylic acids is 2. The molecule has 2 aromatic carbocycles. The van der Waals surface area contributed by atoms with Gasteiger partial charge in [0.25, 0.3) is 5.91 Å². The first-order valence-corrected chi connectivity index (χ1v) is 7.45. The first-order valence-electron chi connectivity index (χ1n) is 7.45. The normalized spacial score (nSPS) is 10.5. The van der Waals surface area contributed by atoms with E-state index in [1.807, 2.05) is 30.3 Å². The second kappa shape index (κ2) is 8.31. The molecule has 25 heavy (non-hydrogen) atoms. The maximum atomic E-state index is 12.6. The minimum atomic E-state index is -0.731. The molecule has 1 amide bonds. The van der Waals surface area contributed by atoms with Crippen molar-refractivity contribution in [2.24, 2.45) is 0 Å². The molecule has 0 spiro atoms. The van der Waals surface area contributed by atoms with Crippen LogP contribution in [0.1, 0.15) is 10.4 Å². The number of nitrogens with zero attached hydrogens (tertiary/aromatic N) is 2. The largest absolute Gasteiger partial charge is 0.465 e. The summed E-state index contributed by atoms with van der Waals surface area (Å²) in [5.74, 6) is -0.904. The number of methoxy groups -OCH3 is 1. The van der Waals surface area contributed by atoms with Crippen LogP contribution in [-0.4, -0.2) is 26.0 Å². The fourth-order valence-corrected chi connectivity index (χ4v) is 2.11. The van der Waals surface area contributed by atoms with Crippen molar-refractivity contribution < 1.29 is 14.3 Å². The van der Waals surface area contributed by atoms with Crippen LogP contribution in [0.2, 0.25) is 0 Å². The van der Waals surface area contributed by atoms with Gasteiger partial charge in [0.1, 0.15) is 6.07 Å². The quantitative estimate of drug-likeness (QED) is 0.516. The molecule has 0 aliphatic carbocycles. The lowest BCUT2D eigenvalue weighted by Gasteiger charge is -2.17. The highest BCUT2D eigenvalue weighted by Gasteiger charge is 2.13. The summed E-state index contributed by atoms with van der Waals surface area (Å²) in [7, 11) is 2.90. The zero-order valence-electron chi connectivity index (χ0n) is 13.9. The predicted octanol–water partition coefficient (Wildman–Crippen LogP) is 2.96. The maximum absolute atomic E-state index is 12.6. The predicted molar refractivity (Wildman–Crippen MR) is 95.0 cm³/mol. The van der Waals surface area contributed by atoms with E-state index in [2.05, 4.69) is 10.1 Å². The van der Waals surface area contributed by atoms with Crippen LogP contribution >= 0.6 is 0 Å². The smallest absolute Gasteiger partial charge is 0.350 e. The van der Waals surface area contributed by atoms with Gasteiger partial charge in [0, 0.05) is 30.2 Å². The van der Waals surface area contributed by atoms with Crippen molar-refractivity contribution in [2.75, 3.05) is 24.4 Å². The second-order valence-electron chi connectivity index (χ2n) is 5.09.